The number of nitrogens with one attached hydrogen (secondary N) is 1. The van der Waals surface area contributed by atoms with E-state index in [-0.39, 0.29) is 12.5 Å². The van der Waals surface area contributed by atoms with Crippen molar-refractivity contribution in [3.63, 3.8) is 0 Å². The van der Waals surface area contributed by atoms with Crippen molar-refractivity contribution in [1.29, 1.82) is 0 Å². The first-order valence-corrected chi connectivity index (χ1v) is 6.93. The molecule has 0 radical (unpaired) electrons. The summed E-state index contributed by atoms with van der Waals surface area (Å²) in [5.41, 5.74) is 8.28. The highest BCUT2D eigenvalue weighted by Gasteiger charge is 2.11. The minimum absolute atomic E-state index is 0.129. The SMILES string of the molecule is Cc1cc(C(=O)NCC(O)c2ccc(N)cc2)ccc1Cl. The Bertz CT molecular complexity index is 641. The molecule has 1 atom stereocenters. The van der Waals surface area contributed by atoms with Gasteiger partial charge in [-0.3, -0.25) is 4.79 Å². The van der Waals surface area contributed by atoms with E-state index in [9.17, 15) is 9.90 Å². The van der Waals surface area contributed by atoms with Crippen LogP contribution >= 0.6 is 11.6 Å². The van der Waals surface area contributed by atoms with Crippen LogP contribution < -0.4 is 11.1 Å². The zero-order valence-electron chi connectivity index (χ0n) is 11.6. The molecule has 2 aromatic rings. The minimum Gasteiger partial charge on any atom is -0.399 e. The Kier molecular flexibility index (Phi) is 4.83. The molecule has 0 heterocycles. The van der Waals surface area contributed by atoms with Crippen LogP contribution in [-0.2, 0) is 0 Å². The van der Waals surface area contributed by atoms with Gasteiger partial charge in [0.05, 0.1) is 6.10 Å². The zero-order chi connectivity index (χ0) is 15.4. The van der Waals surface area contributed by atoms with Crippen LogP contribution in [0.1, 0.15) is 27.6 Å². The van der Waals surface area contributed by atoms with Crippen LogP contribution in [0.15, 0.2) is 42.5 Å². The lowest BCUT2D eigenvalue weighted by Crippen LogP contribution is -2.28. The molecule has 2 aromatic carbocycles. The summed E-state index contributed by atoms with van der Waals surface area (Å²) >= 11 is 5.92. The van der Waals surface area contributed by atoms with E-state index in [2.05, 4.69) is 5.32 Å². The van der Waals surface area contributed by atoms with Crippen molar-refractivity contribution in [2.24, 2.45) is 0 Å². The van der Waals surface area contributed by atoms with E-state index in [0.29, 0.717) is 21.8 Å². The molecular weight excluding hydrogens is 288 g/mol. The number of nitrogens with two attached hydrogens (primary N) is 1. The van der Waals surface area contributed by atoms with Gasteiger partial charge in [-0.25, -0.2) is 0 Å². The summed E-state index contributed by atoms with van der Waals surface area (Å²) in [6.07, 6.45) is -0.775. The Labute approximate surface area is 128 Å². The number of benzene rings is 2. The molecule has 0 aliphatic carbocycles. The van der Waals surface area contributed by atoms with Gasteiger partial charge in [-0.05, 0) is 48.4 Å². The highest BCUT2D eigenvalue weighted by Crippen LogP contribution is 2.17. The number of hydrogen-bond donors (Lipinski definition) is 3. The summed E-state index contributed by atoms with van der Waals surface area (Å²) in [6.45, 7) is 1.97. The normalized spacial score (nSPS) is 12.0. The topological polar surface area (TPSA) is 75.3 Å². The quantitative estimate of drug-likeness (QED) is 0.760. The van der Waals surface area contributed by atoms with Crippen LogP contribution in [0.2, 0.25) is 5.02 Å². The number of carbonyl (C=O) groups is 1. The summed E-state index contributed by atoms with van der Waals surface area (Å²) in [7, 11) is 0. The molecule has 0 fully saturated rings. The standard InChI is InChI=1S/C16H17ClN2O2/c1-10-8-12(4-7-14(10)17)16(21)19-9-15(20)11-2-5-13(18)6-3-11/h2-8,15,20H,9,18H2,1H3,(H,19,21). The van der Waals surface area contributed by atoms with Gasteiger partial charge in [0.15, 0.2) is 0 Å². The van der Waals surface area contributed by atoms with Gasteiger partial charge >= 0.3 is 0 Å². The Hall–Kier alpha value is -2.04. The van der Waals surface area contributed by atoms with Gasteiger partial charge in [-0.2, -0.15) is 0 Å². The molecule has 4 N–H and O–H groups in total. The van der Waals surface area contributed by atoms with Crippen LogP contribution in [0.5, 0.6) is 0 Å². The maximum Gasteiger partial charge on any atom is 0.251 e. The number of aryl methyl sites for hydroxylation is 1. The van der Waals surface area contributed by atoms with E-state index < -0.39 is 6.10 Å². The van der Waals surface area contributed by atoms with Gasteiger partial charge in [0, 0.05) is 22.8 Å². The first-order chi connectivity index (χ1) is 9.97. The van der Waals surface area contributed by atoms with Crippen molar-refractivity contribution in [3.8, 4) is 0 Å². The maximum atomic E-state index is 12.0. The molecule has 0 aromatic heterocycles. The molecular formula is C16H17ClN2O2. The van der Waals surface area contributed by atoms with Crippen molar-refractivity contribution in [2.45, 2.75) is 13.0 Å². The van der Waals surface area contributed by atoms with Crippen LogP contribution in [-0.4, -0.2) is 17.6 Å². The molecule has 0 bridgehead atoms. The lowest BCUT2D eigenvalue weighted by atomic mass is 10.1. The molecule has 5 heteroatoms. The van der Waals surface area contributed by atoms with Crippen molar-refractivity contribution >= 4 is 23.2 Å². The molecule has 2 rings (SSSR count). The fourth-order valence-corrected chi connectivity index (χ4v) is 2.03. The Morgan fingerprint density at radius 3 is 2.57 bits per heavy atom. The molecule has 0 saturated heterocycles. The van der Waals surface area contributed by atoms with E-state index in [1.54, 1.807) is 42.5 Å². The number of nitrogen functional groups attached to an aromatic ring is 1. The lowest BCUT2D eigenvalue weighted by molar-refractivity contribution is 0.0916. The fraction of sp³-hybridized carbons (Fsp3) is 0.188. The second-order valence-corrected chi connectivity index (χ2v) is 5.26. The first kappa shape index (κ1) is 15.4. The number of aliphatic hydroxyl groups excluding tert-OH is 1. The van der Waals surface area contributed by atoms with Gasteiger partial charge < -0.3 is 16.2 Å². The fourth-order valence-electron chi connectivity index (χ4n) is 1.91. The van der Waals surface area contributed by atoms with Gasteiger partial charge in [0.2, 0.25) is 0 Å². The number of hydrogen-bond acceptors (Lipinski definition) is 3. The zero-order valence-corrected chi connectivity index (χ0v) is 12.4. The number of anilines is 1. The van der Waals surface area contributed by atoms with Crippen molar-refractivity contribution in [3.05, 3.63) is 64.2 Å². The predicted octanol–water partition coefficient (Wildman–Crippen LogP) is 2.69. The number of carbonyl (C=O) groups excluding carboxylic acids is 1. The molecule has 0 aliphatic rings. The van der Waals surface area contributed by atoms with Crippen LogP contribution in [0, 0.1) is 6.92 Å². The van der Waals surface area contributed by atoms with Gasteiger partial charge in [-0.15, -0.1) is 0 Å². The van der Waals surface area contributed by atoms with E-state index in [1.807, 2.05) is 6.92 Å². The monoisotopic (exact) mass is 304 g/mol. The molecule has 4 nitrogen and oxygen atoms in total. The number of rotatable bonds is 4. The highest BCUT2D eigenvalue weighted by molar-refractivity contribution is 6.31. The minimum atomic E-state index is -0.775. The highest BCUT2D eigenvalue weighted by atomic mass is 35.5. The Balaban J connectivity index is 1.97. The number of halogens is 1. The Morgan fingerprint density at radius 2 is 1.95 bits per heavy atom. The van der Waals surface area contributed by atoms with E-state index in [1.165, 1.54) is 0 Å². The van der Waals surface area contributed by atoms with E-state index in [4.69, 9.17) is 17.3 Å². The van der Waals surface area contributed by atoms with E-state index in [0.717, 1.165) is 5.56 Å². The third kappa shape index (κ3) is 3.97. The van der Waals surface area contributed by atoms with Crippen LogP contribution in [0.4, 0.5) is 5.69 Å². The average Bonchev–Trinajstić information content (AvgIpc) is 2.48. The molecule has 0 spiro atoms. The number of aliphatic hydroxyl groups is 1. The maximum absolute atomic E-state index is 12.0. The van der Waals surface area contributed by atoms with Gasteiger partial charge in [-0.1, -0.05) is 23.7 Å². The van der Waals surface area contributed by atoms with Crippen molar-refractivity contribution in [2.75, 3.05) is 12.3 Å². The summed E-state index contributed by atoms with van der Waals surface area (Å²) < 4.78 is 0. The third-order valence-corrected chi connectivity index (χ3v) is 3.62. The van der Waals surface area contributed by atoms with Crippen molar-refractivity contribution in [1.82, 2.24) is 5.32 Å². The lowest BCUT2D eigenvalue weighted by Gasteiger charge is -2.13. The average molecular weight is 305 g/mol. The predicted molar refractivity (Wildman–Crippen MR) is 84.3 cm³/mol. The molecule has 1 unspecified atom stereocenters. The molecule has 110 valence electrons. The number of amides is 1. The molecule has 0 aliphatic heterocycles. The van der Waals surface area contributed by atoms with E-state index >= 15 is 0 Å². The largest absolute Gasteiger partial charge is 0.399 e. The molecule has 21 heavy (non-hydrogen) atoms. The summed E-state index contributed by atoms with van der Waals surface area (Å²) in [4.78, 5) is 12.0. The molecule has 1 amide bonds. The van der Waals surface area contributed by atoms with Gasteiger partial charge in [0.25, 0.3) is 5.91 Å². The smallest absolute Gasteiger partial charge is 0.251 e. The second kappa shape index (κ2) is 6.61. The third-order valence-electron chi connectivity index (χ3n) is 3.20. The van der Waals surface area contributed by atoms with Crippen molar-refractivity contribution < 1.29 is 9.90 Å². The van der Waals surface area contributed by atoms with Crippen LogP contribution in [0.25, 0.3) is 0 Å². The summed E-state index contributed by atoms with van der Waals surface area (Å²) in [5, 5.41) is 13.3. The van der Waals surface area contributed by atoms with Crippen LogP contribution in [0.3, 0.4) is 0 Å². The molecule has 0 saturated carbocycles. The van der Waals surface area contributed by atoms with Gasteiger partial charge in [0.1, 0.15) is 0 Å². The Morgan fingerprint density at radius 1 is 1.29 bits per heavy atom. The summed E-state index contributed by atoms with van der Waals surface area (Å²) in [6, 6.07) is 11.9. The second-order valence-electron chi connectivity index (χ2n) is 4.86. The first-order valence-electron chi connectivity index (χ1n) is 6.55. The summed E-state index contributed by atoms with van der Waals surface area (Å²) in [5.74, 6) is -0.246.